The molecule has 9 nitrogen and oxygen atoms in total. The van der Waals surface area contributed by atoms with E-state index < -0.39 is 43.3 Å². The van der Waals surface area contributed by atoms with E-state index in [0.29, 0.717) is 53.1 Å². The molecule has 6 rings (SSSR count). The molecule has 3 aromatic rings. The number of unbranched alkanes of at least 4 members (excludes halogenated alkanes) is 9. The Morgan fingerprint density at radius 2 is 1.32 bits per heavy atom. The van der Waals surface area contributed by atoms with E-state index in [0.717, 1.165) is 77.0 Å². The van der Waals surface area contributed by atoms with E-state index in [1.165, 1.54) is 70.7 Å². The Morgan fingerprint density at radius 1 is 0.772 bits per heavy atom. The lowest BCUT2D eigenvalue weighted by molar-refractivity contribution is 0.0384. The number of ether oxygens (including phenoxy) is 1. The highest BCUT2D eigenvalue weighted by Gasteiger charge is 2.34. The van der Waals surface area contributed by atoms with E-state index in [2.05, 4.69) is 38.4 Å². The normalized spacial score (nSPS) is 19.1. The van der Waals surface area contributed by atoms with Gasteiger partial charge in [-0.2, -0.15) is 0 Å². The van der Waals surface area contributed by atoms with Crippen LogP contribution in [0.5, 0.6) is 5.75 Å². The lowest BCUT2D eigenvalue weighted by Crippen LogP contribution is -2.56. The quantitative estimate of drug-likeness (QED) is 0.0873. The first-order valence-corrected chi connectivity index (χ1v) is 24.7. The summed E-state index contributed by atoms with van der Waals surface area (Å²) < 4.78 is 78.0. The molecule has 0 N–H and O–H groups in total. The third-order valence-electron chi connectivity index (χ3n) is 12.6. The number of rotatable bonds is 19. The Labute approximate surface area is 343 Å². The molecule has 0 radical (unpaired) electrons. The first kappa shape index (κ1) is 44.0. The van der Waals surface area contributed by atoms with E-state index in [1.54, 1.807) is 24.5 Å². The summed E-state index contributed by atoms with van der Waals surface area (Å²) in [5, 5.41) is 0.558. The molecule has 3 fully saturated rings. The van der Waals surface area contributed by atoms with Gasteiger partial charge in [0.05, 0.1) is 22.7 Å². The number of hydrogen-bond acceptors (Lipinski definition) is 9. The molecule has 0 spiro atoms. The molecule has 0 bridgehead atoms. The summed E-state index contributed by atoms with van der Waals surface area (Å²) >= 11 is -1.32. The lowest BCUT2D eigenvalue weighted by Gasteiger charge is -2.46. The molecule has 13 heteroatoms. The Balaban J connectivity index is 1.13. The highest BCUT2D eigenvalue weighted by molar-refractivity contribution is 7.91. The van der Waals surface area contributed by atoms with Crippen molar-refractivity contribution in [3.8, 4) is 5.75 Å². The number of benzene rings is 2. The minimum absolute atomic E-state index is 0.118. The minimum Gasteiger partial charge on any atom is -0.612 e. The third-order valence-corrected chi connectivity index (χ3v) is 15.2. The molecule has 3 aliphatic heterocycles. The van der Waals surface area contributed by atoms with Gasteiger partial charge in [0.1, 0.15) is 11.2 Å². The highest BCUT2D eigenvalue weighted by Crippen LogP contribution is 2.40. The second kappa shape index (κ2) is 21.1. The van der Waals surface area contributed by atoms with Crippen LogP contribution in [0.25, 0.3) is 10.9 Å². The summed E-state index contributed by atoms with van der Waals surface area (Å²) in [5.74, 6) is -2.65. The zero-order valence-electron chi connectivity index (χ0n) is 34.5. The van der Waals surface area contributed by atoms with Crippen LogP contribution in [-0.4, -0.2) is 117 Å². The summed E-state index contributed by atoms with van der Waals surface area (Å²) in [5.41, 5.74) is 1.00. The van der Waals surface area contributed by atoms with Crippen LogP contribution in [0.2, 0.25) is 0 Å². The second-order valence-corrected chi connectivity index (χ2v) is 19.6. The average Bonchev–Trinajstić information content (AvgIpc) is 3.23. The fourth-order valence-corrected chi connectivity index (χ4v) is 11.1. The van der Waals surface area contributed by atoms with Gasteiger partial charge in [-0.25, -0.2) is 17.2 Å². The predicted molar refractivity (Wildman–Crippen MR) is 227 cm³/mol. The number of nitrogens with zero attached hydrogens (tertiary/aromatic N) is 5. The van der Waals surface area contributed by atoms with Gasteiger partial charge in [-0.05, 0) is 87.2 Å². The Hall–Kier alpha value is -2.55. The average molecular weight is 830 g/mol. The smallest absolute Gasteiger partial charge is 0.210 e. The largest absolute Gasteiger partial charge is 0.612 e. The zero-order chi connectivity index (χ0) is 40.4. The molecule has 57 heavy (non-hydrogen) atoms. The number of fused-ring (bicyclic) bond motifs is 1. The van der Waals surface area contributed by atoms with Gasteiger partial charge in [0, 0.05) is 69.0 Å². The number of halogens is 2. The number of piperidine rings is 2. The maximum atomic E-state index is 15.5. The first-order valence-electron chi connectivity index (χ1n) is 21.7. The van der Waals surface area contributed by atoms with Gasteiger partial charge in [0.2, 0.25) is 9.84 Å². The molecule has 1 unspecified atom stereocenters. The highest BCUT2D eigenvalue weighted by atomic mass is 32.2. The van der Waals surface area contributed by atoms with Crippen molar-refractivity contribution in [2.75, 3.05) is 76.7 Å². The molecule has 3 aliphatic rings. The summed E-state index contributed by atoms with van der Waals surface area (Å²) in [7, 11) is -4.44. The van der Waals surface area contributed by atoms with Crippen molar-refractivity contribution in [1.82, 2.24) is 19.7 Å². The van der Waals surface area contributed by atoms with Gasteiger partial charge in [-0.1, -0.05) is 71.6 Å². The van der Waals surface area contributed by atoms with Crippen LogP contribution in [0.1, 0.15) is 104 Å². The minimum atomic E-state index is -4.44. The lowest BCUT2D eigenvalue weighted by atomic mass is 9.99. The van der Waals surface area contributed by atoms with E-state index in [-0.39, 0.29) is 11.5 Å². The molecule has 3 saturated heterocycles. The number of hydrogen-bond donors (Lipinski definition) is 0. The van der Waals surface area contributed by atoms with Crippen molar-refractivity contribution in [1.29, 1.82) is 0 Å². The van der Waals surface area contributed by atoms with Gasteiger partial charge in [0.15, 0.2) is 22.3 Å². The molecule has 0 aliphatic carbocycles. The molecular weight excluding hydrogens is 765 g/mol. The fraction of sp³-hybridized carbons (Fsp3) is 0.659. The van der Waals surface area contributed by atoms with E-state index in [4.69, 9.17) is 4.74 Å². The number of likely N-dealkylation sites (tertiary alicyclic amines) is 1. The Bertz CT molecular complexity index is 1820. The first-order chi connectivity index (χ1) is 27.6. The fourth-order valence-electron chi connectivity index (χ4n) is 9.08. The van der Waals surface area contributed by atoms with Crippen LogP contribution < -0.4 is 9.64 Å². The molecule has 0 saturated carbocycles. The maximum Gasteiger partial charge on any atom is 0.210 e. The van der Waals surface area contributed by atoms with Crippen molar-refractivity contribution < 1.29 is 26.5 Å². The summed E-state index contributed by atoms with van der Waals surface area (Å²) in [6.45, 7) is 13.5. The monoisotopic (exact) mass is 829 g/mol. The second-order valence-electron chi connectivity index (χ2n) is 16.3. The SMILES string of the molecule is CCCCCCCCCCCCOc1c(F)cc(S(=O)(=O)c2cnc3ccc([S+](C)[O-])cc3c2N2CCC(N3CCN(C4CCN(CC)CC4)CC3)CC2)cc1F. The van der Waals surface area contributed by atoms with E-state index in [9.17, 15) is 13.0 Å². The predicted octanol–water partition coefficient (Wildman–Crippen LogP) is 8.45. The van der Waals surface area contributed by atoms with Crippen molar-refractivity contribution in [3.05, 3.63) is 48.2 Å². The van der Waals surface area contributed by atoms with Gasteiger partial charge < -0.3 is 19.1 Å². The number of pyridine rings is 1. The van der Waals surface area contributed by atoms with Crippen molar-refractivity contribution >= 4 is 37.6 Å². The molecule has 1 atom stereocenters. The van der Waals surface area contributed by atoms with Crippen LogP contribution in [0.3, 0.4) is 0 Å². The van der Waals surface area contributed by atoms with Crippen LogP contribution >= 0.6 is 0 Å². The molecule has 4 heterocycles. The number of anilines is 1. The van der Waals surface area contributed by atoms with Crippen LogP contribution in [-0.2, 0) is 21.0 Å². The Morgan fingerprint density at radius 3 is 1.86 bits per heavy atom. The van der Waals surface area contributed by atoms with E-state index >= 15 is 8.78 Å². The van der Waals surface area contributed by atoms with Gasteiger partial charge >= 0.3 is 0 Å². The molecule has 316 valence electrons. The Kier molecular flexibility index (Phi) is 16.3. The number of sulfone groups is 1. The van der Waals surface area contributed by atoms with Crippen LogP contribution in [0.4, 0.5) is 14.5 Å². The standard InChI is InChI=1S/C44H65F2N5O4S2/c1-4-6-7-8-9-10-11-12-13-14-29-55-44-39(45)31-37(32-40(44)46)57(53,54)42-33-47-41-16-15-36(56(3)52)30-38(41)43(42)51-23-19-35(20-24-51)50-27-25-49(26-28-50)34-17-21-48(5-2)22-18-34/h15-16,30-35H,4-14,17-29H2,1-3H3. The molecular formula is C44H65F2N5O4S2. The van der Waals surface area contributed by atoms with Crippen molar-refractivity contribution in [2.24, 2.45) is 0 Å². The van der Waals surface area contributed by atoms with Gasteiger partial charge in [-0.3, -0.25) is 14.8 Å². The number of piperazine rings is 1. The van der Waals surface area contributed by atoms with Crippen LogP contribution in [0.15, 0.2) is 51.2 Å². The van der Waals surface area contributed by atoms with Gasteiger partial charge in [0.25, 0.3) is 0 Å². The third kappa shape index (κ3) is 11.2. The zero-order valence-corrected chi connectivity index (χ0v) is 36.2. The summed E-state index contributed by atoms with van der Waals surface area (Å²) in [6, 6.07) is 8.00. The van der Waals surface area contributed by atoms with Crippen molar-refractivity contribution in [2.45, 2.75) is 131 Å². The van der Waals surface area contributed by atoms with Gasteiger partial charge in [-0.15, -0.1) is 0 Å². The molecule has 0 amide bonds. The summed E-state index contributed by atoms with van der Waals surface area (Å²) in [4.78, 5) is 14.3. The van der Waals surface area contributed by atoms with Crippen molar-refractivity contribution in [3.63, 3.8) is 0 Å². The maximum absolute atomic E-state index is 15.5. The summed E-state index contributed by atoms with van der Waals surface area (Å²) in [6.07, 6.45) is 18.4. The molecule has 2 aromatic carbocycles. The van der Waals surface area contributed by atoms with Crippen LogP contribution in [0, 0.1) is 11.6 Å². The molecule has 1 aromatic heterocycles. The van der Waals surface area contributed by atoms with E-state index in [1.807, 2.05) is 0 Å². The number of aromatic nitrogens is 1. The topological polar surface area (TPSA) is 92.3 Å².